The van der Waals surface area contributed by atoms with Crippen molar-refractivity contribution in [2.24, 2.45) is 5.92 Å². The van der Waals surface area contributed by atoms with Crippen LogP contribution in [0.5, 0.6) is 0 Å². The first-order chi connectivity index (χ1) is 19.8. The van der Waals surface area contributed by atoms with Gasteiger partial charge in [0.15, 0.2) is 9.84 Å². The van der Waals surface area contributed by atoms with Crippen LogP contribution in [0.1, 0.15) is 68.3 Å². The summed E-state index contributed by atoms with van der Waals surface area (Å²) in [5.74, 6) is -1.48. The lowest BCUT2D eigenvalue weighted by molar-refractivity contribution is -0.138. The number of hydrogen-bond donors (Lipinski definition) is 1. The zero-order valence-electron chi connectivity index (χ0n) is 24.3. The summed E-state index contributed by atoms with van der Waals surface area (Å²) in [4.78, 5) is 31.1. The molecule has 0 spiro atoms. The second kappa shape index (κ2) is 13.2. The monoisotopic (exact) mass is 607 g/mol. The van der Waals surface area contributed by atoms with Crippen LogP contribution in [-0.2, 0) is 20.8 Å². The molecule has 1 heterocycles. The van der Waals surface area contributed by atoms with Crippen LogP contribution < -0.4 is 5.32 Å². The van der Waals surface area contributed by atoms with Gasteiger partial charge in [-0.3, -0.25) is 9.59 Å². The molecule has 1 aliphatic carbocycles. The Labute approximate surface area is 246 Å². The zero-order valence-corrected chi connectivity index (χ0v) is 25.1. The molecule has 7 nitrogen and oxygen atoms in total. The molecule has 42 heavy (non-hydrogen) atoms. The average molecular weight is 608 g/mol. The quantitative estimate of drug-likeness (QED) is 0.448. The Morgan fingerprint density at radius 3 is 2.43 bits per heavy atom. The summed E-state index contributed by atoms with van der Waals surface area (Å²) in [5, 5.41) is 2.68. The second-order valence-corrected chi connectivity index (χ2v) is 13.8. The van der Waals surface area contributed by atoms with Crippen molar-refractivity contribution in [1.82, 2.24) is 15.1 Å². The highest BCUT2D eigenvalue weighted by atomic mass is 32.2. The Morgan fingerprint density at radius 2 is 1.76 bits per heavy atom. The minimum Gasteiger partial charge on any atom is -0.340 e. The molecule has 1 saturated heterocycles. The van der Waals surface area contributed by atoms with Gasteiger partial charge in [0, 0.05) is 30.2 Å². The van der Waals surface area contributed by atoms with Gasteiger partial charge in [-0.25, -0.2) is 8.42 Å². The summed E-state index contributed by atoms with van der Waals surface area (Å²) < 4.78 is 66.6. The standard InChI is InChI=1S/C31H40F3N3O4S/c1-21(2)36(3)25-15-16-28(23(19-25)20-42(40,41)26-12-5-4-6-13-26)37-17-8-7-14-27(30(37)39)35-29(38)22-10-9-11-24(18-22)31(32,33)34/h4-6,9-13,18,21,23,25,27-28H,7-8,14-17,19-20H2,1-3H3,(H,35,38)/t23-,25?,27?,28?/m0/s1. The topological polar surface area (TPSA) is 86.8 Å². The highest BCUT2D eigenvalue weighted by Gasteiger charge is 2.42. The third kappa shape index (κ3) is 7.53. The van der Waals surface area contributed by atoms with E-state index in [1.807, 2.05) is 7.05 Å². The average Bonchev–Trinajstić information content (AvgIpc) is 3.13. The largest absolute Gasteiger partial charge is 0.416 e. The Hall–Kier alpha value is -2.92. The molecule has 4 rings (SSSR count). The predicted molar refractivity (Wildman–Crippen MR) is 155 cm³/mol. The molecule has 2 aromatic rings. The summed E-state index contributed by atoms with van der Waals surface area (Å²) in [6.45, 7) is 4.63. The molecule has 1 saturated carbocycles. The second-order valence-electron chi connectivity index (χ2n) is 11.8. The molecule has 2 aromatic carbocycles. The molecule has 1 aliphatic heterocycles. The van der Waals surface area contributed by atoms with Crippen LogP contribution in [0.2, 0.25) is 0 Å². The van der Waals surface area contributed by atoms with E-state index in [2.05, 4.69) is 24.1 Å². The van der Waals surface area contributed by atoms with Crippen molar-refractivity contribution in [3.63, 3.8) is 0 Å². The van der Waals surface area contributed by atoms with E-state index in [9.17, 15) is 31.2 Å². The number of alkyl halides is 3. The SMILES string of the molecule is CC(C)N(C)C1CCC(N2CCCCC(NC(=O)c3cccc(C(F)(F)F)c3)C2=O)[C@H](CS(=O)(=O)c2ccccc2)C1. The molecular formula is C31H40F3N3O4S. The first-order valence-electron chi connectivity index (χ1n) is 14.6. The van der Waals surface area contributed by atoms with E-state index in [-0.39, 0.29) is 46.2 Å². The van der Waals surface area contributed by atoms with Crippen LogP contribution >= 0.6 is 0 Å². The van der Waals surface area contributed by atoms with Gasteiger partial charge in [-0.2, -0.15) is 13.2 Å². The molecule has 2 fully saturated rings. The lowest BCUT2D eigenvalue weighted by atomic mass is 9.80. The first kappa shape index (κ1) is 32.0. The maximum absolute atomic E-state index is 13.9. The summed E-state index contributed by atoms with van der Waals surface area (Å²) in [7, 11) is -1.59. The van der Waals surface area contributed by atoms with E-state index in [1.165, 1.54) is 12.1 Å². The lowest BCUT2D eigenvalue weighted by Gasteiger charge is -2.45. The summed E-state index contributed by atoms with van der Waals surface area (Å²) >= 11 is 0. The number of nitrogens with one attached hydrogen (secondary N) is 1. The number of carbonyl (C=O) groups is 2. The highest BCUT2D eigenvalue weighted by Crippen LogP contribution is 2.35. The molecule has 2 aliphatic rings. The van der Waals surface area contributed by atoms with Crippen LogP contribution in [0.3, 0.4) is 0 Å². The van der Waals surface area contributed by atoms with E-state index in [0.29, 0.717) is 38.6 Å². The molecular weight excluding hydrogens is 567 g/mol. The Kier molecular flexibility index (Phi) is 10.0. The Bertz CT molecular complexity index is 1350. The minimum absolute atomic E-state index is 0.102. The minimum atomic E-state index is -4.59. The molecule has 2 amide bonds. The maximum Gasteiger partial charge on any atom is 0.416 e. The summed E-state index contributed by atoms with van der Waals surface area (Å²) in [6, 6.07) is 11.6. The molecule has 230 valence electrons. The zero-order chi connectivity index (χ0) is 30.7. The van der Waals surface area contributed by atoms with E-state index in [0.717, 1.165) is 18.6 Å². The number of rotatable bonds is 8. The maximum atomic E-state index is 13.9. The van der Waals surface area contributed by atoms with Gasteiger partial charge < -0.3 is 15.1 Å². The molecule has 1 N–H and O–H groups in total. The summed E-state index contributed by atoms with van der Waals surface area (Å²) in [5.41, 5.74) is -1.10. The molecule has 3 unspecified atom stereocenters. The number of nitrogens with zero attached hydrogens (tertiary/aromatic N) is 2. The third-order valence-electron chi connectivity index (χ3n) is 8.72. The molecule has 0 bridgehead atoms. The van der Waals surface area contributed by atoms with E-state index in [1.54, 1.807) is 35.2 Å². The van der Waals surface area contributed by atoms with E-state index >= 15 is 0 Å². The number of benzene rings is 2. The van der Waals surface area contributed by atoms with E-state index in [4.69, 9.17) is 0 Å². The normalized spacial score (nSPS) is 24.1. The molecule has 4 atom stereocenters. The van der Waals surface area contributed by atoms with Crippen molar-refractivity contribution in [1.29, 1.82) is 0 Å². The fourth-order valence-corrected chi connectivity index (χ4v) is 7.90. The van der Waals surface area contributed by atoms with Gasteiger partial charge in [0.2, 0.25) is 5.91 Å². The first-order valence-corrected chi connectivity index (χ1v) is 16.2. The fraction of sp³-hybridized carbons (Fsp3) is 0.548. The Morgan fingerprint density at radius 1 is 1.05 bits per heavy atom. The van der Waals surface area contributed by atoms with Crippen LogP contribution in [0.15, 0.2) is 59.5 Å². The van der Waals surface area contributed by atoms with Crippen molar-refractivity contribution in [2.75, 3.05) is 19.3 Å². The van der Waals surface area contributed by atoms with Crippen LogP contribution in [0.25, 0.3) is 0 Å². The van der Waals surface area contributed by atoms with Crippen molar-refractivity contribution in [3.05, 3.63) is 65.7 Å². The van der Waals surface area contributed by atoms with Crippen LogP contribution in [0, 0.1) is 5.92 Å². The number of sulfone groups is 1. The molecule has 11 heteroatoms. The highest BCUT2D eigenvalue weighted by molar-refractivity contribution is 7.91. The van der Waals surface area contributed by atoms with Crippen LogP contribution in [0.4, 0.5) is 13.2 Å². The van der Waals surface area contributed by atoms with Gasteiger partial charge in [0.1, 0.15) is 6.04 Å². The van der Waals surface area contributed by atoms with Crippen LogP contribution in [-0.4, -0.2) is 73.5 Å². The lowest BCUT2D eigenvalue weighted by Crippen LogP contribution is -2.56. The molecule has 0 aromatic heterocycles. The number of likely N-dealkylation sites (tertiary alicyclic amines) is 1. The Balaban J connectivity index is 1.57. The van der Waals surface area contributed by atoms with Gasteiger partial charge >= 0.3 is 6.18 Å². The van der Waals surface area contributed by atoms with Crippen molar-refractivity contribution >= 4 is 21.7 Å². The predicted octanol–water partition coefficient (Wildman–Crippen LogP) is 5.17. The van der Waals surface area contributed by atoms with Gasteiger partial charge in [0.25, 0.3) is 5.91 Å². The van der Waals surface area contributed by atoms with Gasteiger partial charge in [-0.05, 0) is 95.7 Å². The molecule has 0 radical (unpaired) electrons. The number of halogens is 3. The van der Waals surface area contributed by atoms with Gasteiger partial charge in [-0.15, -0.1) is 0 Å². The summed E-state index contributed by atoms with van der Waals surface area (Å²) in [6.07, 6.45) is -0.874. The van der Waals surface area contributed by atoms with Gasteiger partial charge in [0.05, 0.1) is 16.2 Å². The van der Waals surface area contributed by atoms with Crippen molar-refractivity contribution < 1.29 is 31.2 Å². The fourth-order valence-electron chi connectivity index (χ4n) is 6.22. The number of amides is 2. The smallest absolute Gasteiger partial charge is 0.340 e. The number of carbonyl (C=O) groups excluding carboxylic acids is 2. The van der Waals surface area contributed by atoms with Crippen molar-refractivity contribution in [2.45, 2.75) is 87.6 Å². The number of hydrogen-bond acceptors (Lipinski definition) is 5. The van der Waals surface area contributed by atoms with Crippen molar-refractivity contribution in [3.8, 4) is 0 Å². The van der Waals surface area contributed by atoms with Gasteiger partial charge in [-0.1, -0.05) is 24.3 Å². The van der Waals surface area contributed by atoms with E-state index < -0.39 is 33.5 Å². The third-order valence-corrected chi connectivity index (χ3v) is 10.6.